The van der Waals surface area contributed by atoms with E-state index < -0.39 is 11.8 Å². The molecule has 4 heteroatoms. The lowest BCUT2D eigenvalue weighted by Crippen LogP contribution is -2.11. The molecular weight excluding hydrogens is 319 g/mol. The zero-order valence-corrected chi connectivity index (χ0v) is 11.9. The van der Waals surface area contributed by atoms with Gasteiger partial charge in [-0.25, -0.2) is 4.79 Å². The number of unbranched alkanes of at least 4 members (excludes halogenated alkanes) is 7. The van der Waals surface area contributed by atoms with Crippen molar-refractivity contribution in [1.29, 1.82) is 0 Å². The van der Waals surface area contributed by atoms with Gasteiger partial charge >= 0.3 is 5.97 Å². The third-order valence-corrected chi connectivity index (χ3v) is 3.29. The number of Topliss-reactive ketones (excluding diaryl/α,β-unsaturated/α-hetero) is 1. The van der Waals surface area contributed by atoms with E-state index in [0.717, 1.165) is 19.3 Å². The molecule has 0 aliphatic rings. The fraction of sp³-hybridized carbons (Fsp3) is 0.833. The maximum Gasteiger partial charge on any atom is 0.372 e. The second-order valence-corrected chi connectivity index (χ2v) is 5.07. The average molecular weight is 340 g/mol. The molecule has 1 N–H and O–H groups in total. The van der Waals surface area contributed by atoms with Crippen molar-refractivity contribution < 1.29 is 14.7 Å². The van der Waals surface area contributed by atoms with Crippen molar-refractivity contribution in [3.8, 4) is 0 Å². The molecule has 3 nitrogen and oxygen atoms in total. The summed E-state index contributed by atoms with van der Waals surface area (Å²) in [6, 6.07) is 0. The smallest absolute Gasteiger partial charge is 0.372 e. The molecule has 0 amide bonds. The number of carboxylic acid groups (broad SMARTS) is 1. The Kier molecular flexibility index (Phi) is 11.3. The first kappa shape index (κ1) is 15.9. The molecule has 0 heterocycles. The molecular formula is C12H21IO3. The van der Waals surface area contributed by atoms with Gasteiger partial charge in [-0.3, -0.25) is 4.79 Å². The molecule has 0 rings (SSSR count). The van der Waals surface area contributed by atoms with E-state index in [1.165, 1.54) is 36.5 Å². The van der Waals surface area contributed by atoms with Crippen molar-refractivity contribution in [3.63, 3.8) is 0 Å². The van der Waals surface area contributed by atoms with E-state index in [2.05, 4.69) is 22.6 Å². The molecule has 94 valence electrons. The summed E-state index contributed by atoms with van der Waals surface area (Å²) in [7, 11) is 0. The normalized spacial score (nSPS) is 10.3. The number of rotatable bonds is 11. The number of hydrogen-bond acceptors (Lipinski definition) is 2. The van der Waals surface area contributed by atoms with Gasteiger partial charge in [-0.2, -0.15) is 0 Å². The van der Waals surface area contributed by atoms with Gasteiger partial charge in [-0.05, 0) is 17.3 Å². The molecule has 0 saturated carbocycles. The van der Waals surface area contributed by atoms with Gasteiger partial charge in [0.2, 0.25) is 5.78 Å². The highest BCUT2D eigenvalue weighted by Gasteiger charge is 2.09. The van der Waals surface area contributed by atoms with Gasteiger partial charge in [0.15, 0.2) is 0 Å². The largest absolute Gasteiger partial charge is 0.476 e. The van der Waals surface area contributed by atoms with Crippen LogP contribution in [0, 0.1) is 0 Å². The summed E-state index contributed by atoms with van der Waals surface area (Å²) in [6.07, 6.45) is 9.43. The Labute approximate surface area is 111 Å². The molecule has 0 spiro atoms. The maximum absolute atomic E-state index is 10.7. The monoisotopic (exact) mass is 340 g/mol. The van der Waals surface area contributed by atoms with Gasteiger partial charge in [-0.15, -0.1) is 0 Å². The van der Waals surface area contributed by atoms with Crippen molar-refractivity contribution in [2.75, 3.05) is 4.43 Å². The predicted molar refractivity (Wildman–Crippen MR) is 73.1 cm³/mol. The lowest BCUT2D eigenvalue weighted by Gasteiger charge is -2.00. The summed E-state index contributed by atoms with van der Waals surface area (Å²) in [6.45, 7) is 0. The summed E-state index contributed by atoms with van der Waals surface area (Å²) in [5.41, 5.74) is 0. The number of ketones is 1. The Hall–Kier alpha value is -0.130. The Bertz CT molecular complexity index is 204. The number of halogens is 1. The average Bonchev–Trinajstić information content (AvgIpc) is 2.26. The van der Waals surface area contributed by atoms with Gasteiger partial charge in [0, 0.05) is 6.42 Å². The first-order chi connectivity index (χ1) is 7.68. The summed E-state index contributed by atoms with van der Waals surface area (Å²) in [5.74, 6) is -1.94. The van der Waals surface area contributed by atoms with E-state index in [1.807, 2.05) is 0 Å². The SMILES string of the molecule is O=C(O)C(=O)CCCCCCCCCCI. The fourth-order valence-corrected chi connectivity index (χ4v) is 2.09. The van der Waals surface area contributed by atoms with Crippen molar-refractivity contribution in [3.05, 3.63) is 0 Å². The molecule has 0 aromatic carbocycles. The van der Waals surface area contributed by atoms with E-state index in [-0.39, 0.29) is 6.42 Å². The lowest BCUT2D eigenvalue weighted by atomic mass is 10.1. The highest BCUT2D eigenvalue weighted by Crippen LogP contribution is 2.10. The minimum absolute atomic E-state index is 0.199. The summed E-state index contributed by atoms with van der Waals surface area (Å²) >= 11 is 2.40. The molecule has 0 bridgehead atoms. The molecule has 0 fully saturated rings. The van der Waals surface area contributed by atoms with Crippen molar-refractivity contribution in [1.82, 2.24) is 0 Å². The molecule has 0 aliphatic carbocycles. The van der Waals surface area contributed by atoms with E-state index in [1.54, 1.807) is 0 Å². The number of carboxylic acids is 1. The predicted octanol–water partition coefficient (Wildman–Crippen LogP) is 3.59. The van der Waals surface area contributed by atoms with Crippen LogP contribution < -0.4 is 0 Å². The first-order valence-corrected chi connectivity index (χ1v) is 7.53. The van der Waals surface area contributed by atoms with Crippen LogP contribution in [0.4, 0.5) is 0 Å². The zero-order chi connectivity index (χ0) is 12.2. The third kappa shape index (κ3) is 10.4. The van der Waals surface area contributed by atoms with E-state index >= 15 is 0 Å². The fourth-order valence-electron chi connectivity index (χ4n) is 1.55. The minimum atomic E-state index is -1.29. The number of carbonyl (C=O) groups excluding carboxylic acids is 1. The second-order valence-electron chi connectivity index (χ2n) is 4.00. The molecule has 0 aromatic rings. The van der Waals surface area contributed by atoms with Crippen molar-refractivity contribution in [2.45, 2.75) is 57.8 Å². The van der Waals surface area contributed by atoms with Gasteiger partial charge in [-0.1, -0.05) is 61.1 Å². The molecule has 0 unspecified atom stereocenters. The van der Waals surface area contributed by atoms with Crippen molar-refractivity contribution in [2.24, 2.45) is 0 Å². The van der Waals surface area contributed by atoms with Crippen LogP contribution >= 0.6 is 22.6 Å². The number of carbonyl (C=O) groups is 2. The number of hydrogen-bond donors (Lipinski definition) is 1. The number of alkyl halides is 1. The Morgan fingerprint density at radius 1 is 0.812 bits per heavy atom. The maximum atomic E-state index is 10.7. The van der Waals surface area contributed by atoms with Gasteiger partial charge in [0.25, 0.3) is 0 Å². The molecule has 16 heavy (non-hydrogen) atoms. The summed E-state index contributed by atoms with van der Waals surface area (Å²) in [5, 5.41) is 8.36. The summed E-state index contributed by atoms with van der Waals surface area (Å²) < 4.78 is 1.25. The Morgan fingerprint density at radius 3 is 1.69 bits per heavy atom. The van der Waals surface area contributed by atoms with Crippen molar-refractivity contribution >= 4 is 34.3 Å². The highest BCUT2D eigenvalue weighted by molar-refractivity contribution is 14.1. The Morgan fingerprint density at radius 2 is 1.25 bits per heavy atom. The van der Waals surface area contributed by atoms with Gasteiger partial charge in [0.1, 0.15) is 0 Å². The first-order valence-electron chi connectivity index (χ1n) is 6.00. The van der Waals surface area contributed by atoms with E-state index in [4.69, 9.17) is 5.11 Å². The van der Waals surface area contributed by atoms with Gasteiger partial charge in [0.05, 0.1) is 0 Å². The van der Waals surface area contributed by atoms with Crippen LogP contribution in [-0.4, -0.2) is 21.3 Å². The van der Waals surface area contributed by atoms with Crippen LogP contribution in [0.1, 0.15) is 57.8 Å². The molecule has 0 radical (unpaired) electrons. The second kappa shape index (κ2) is 11.4. The zero-order valence-electron chi connectivity index (χ0n) is 9.71. The van der Waals surface area contributed by atoms with Crippen LogP contribution in [0.2, 0.25) is 0 Å². The molecule has 0 atom stereocenters. The number of aliphatic carboxylic acids is 1. The minimum Gasteiger partial charge on any atom is -0.476 e. The molecule has 0 aromatic heterocycles. The molecule has 0 aliphatic heterocycles. The van der Waals surface area contributed by atoms with E-state index in [0.29, 0.717) is 0 Å². The highest BCUT2D eigenvalue weighted by atomic mass is 127. The van der Waals surface area contributed by atoms with Crippen LogP contribution in [0.3, 0.4) is 0 Å². The summed E-state index contributed by atoms with van der Waals surface area (Å²) in [4.78, 5) is 21.0. The lowest BCUT2D eigenvalue weighted by molar-refractivity contribution is -0.149. The third-order valence-electron chi connectivity index (χ3n) is 2.53. The Balaban J connectivity index is 3.10. The van der Waals surface area contributed by atoms with Crippen LogP contribution in [-0.2, 0) is 9.59 Å². The van der Waals surface area contributed by atoms with Crippen LogP contribution in [0.5, 0.6) is 0 Å². The standard InChI is InChI=1S/C12H21IO3/c13-10-8-6-4-2-1-3-5-7-9-11(14)12(15)16/h1-10H2,(H,15,16). The topological polar surface area (TPSA) is 54.4 Å². The quantitative estimate of drug-likeness (QED) is 0.271. The van der Waals surface area contributed by atoms with Gasteiger partial charge < -0.3 is 5.11 Å². The van der Waals surface area contributed by atoms with E-state index in [9.17, 15) is 9.59 Å². The molecule has 0 saturated heterocycles. The van der Waals surface area contributed by atoms with Crippen LogP contribution in [0.15, 0.2) is 0 Å². The van der Waals surface area contributed by atoms with Crippen LogP contribution in [0.25, 0.3) is 0 Å².